The number of fused-ring (bicyclic) bond motifs is 1. The van der Waals surface area contributed by atoms with Gasteiger partial charge in [-0.05, 0) is 36.5 Å². The molecule has 1 aromatic heterocycles. The van der Waals surface area contributed by atoms with Crippen molar-refractivity contribution in [2.24, 2.45) is 0 Å². The molecule has 0 fully saturated rings. The van der Waals surface area contributed by atoms with Gasteiger partial charge in [-0.15, -0.1) is 0 Å². The number of imidazole rings is 1. The minimum atomic E-state index is -4.53. The van der Waals surface area contributed by atoms with Gasteiger partial charge >= 0.3 is 6.18 Å². The van der Waals surface area contributed by atoms with Crippen molar-refractivity contribution in [1.29, 1.82) is 0 Å². The van der Waals surface area contributed by atoms with Crippen molar-refractivity contribution in [1.82, 2.24) is 9.55 Å². The molecular weight excluding hydrogens is 304 g/mol. The zero-order chi connectivity index (χ0) is 15.2. The van der Waals surface area contributed by atoms with Crippen LogP contribution in [0.4, 0.5) is 17.6 Å². The van der Waals surface area contributed by atoms with Gasteiger partial charge in [-0.2, -0.15) is 13.2 Å². The summed E-state index contributed by atoms with van der Waals surface area (Å²) in [7, 11) is 0. The van der Waals surface area contributed by atoms with E-state index in [0.29, 0.717) is 5.52 Å². The number of aromatic nitrogens is 2. The van der Waals surface area contributed by atoms with Gasteiger partial charge in [-0.1, -0.05) is 12.1 Å². The van der Waals surface area contributed by atoms with Crippen molar-refractivity contribution in [3.8, 4) is 5.69 Å². The van der Waals surface area contributed by atoms with Crippen LogP contribution in [0.2, 0.25) is 0 Å². The fraction of sp³-hybridized carbons (Fsp3) is 0.0714. The highest BCUT2D eigenvalue weighted by molar-refractivity contribution is 7.71. The topological polar surface area (TPSA) is 20.7 Å². The first-order chi connectivity index (χ1) is 9.88. The lowest BCUT2D eigenvalue weighted by molar-refractivity contribution is -0.137. The van der Waals surface area contributed by atoms with E-state index in [9.17, 15) is 17.6 Å². The van der Waals surface area contributed by atoms with Crippen molar-refractivity contribution < 1.29 is 17.6 Å². The summed E-state index contributed by atoms with van der Waals surface area (Å²) in [5.74, 6) is -0.547. The van der Waals surface area contributed by atoms with E-state index in [1.54, 1.807) is 0 Å². The molecule has 21 heavy (non-hydrogen) atoms. The smallest absolute Gasteiger partial charge is 0.330 e. The molecule has 0 atom stereocenters. The predicted molar refractivity (Wildman–Crippen MR) is 73.4 cm³/mol. The Bertz CT molecular complexity index is 877. The molecule has 0 aliphatic rings. The van der Waals surface area contributed by atoms with Gasteiger partial charge in [-0.3, -0.25) is 4.57 Å². The number of alkyl halides is 3. The van der Waals surface area contributed by atoms with E-state index >= 15 is 0 Å². The fourth-order valence-electron chi connectivity index (χ4n) is 2.22. The van der Waals surface area contributed by atoms with Crippen molar-refractivity contribution >= 4 is 23.3 Å². The molecule has 0 amide bonds. The molecule has 3 rings (SSSR count). The van der Waals surface area contributed by atoms with Gasteiger partial charge in [0.05, 0.1) is 22.3 Å². The molecule has 1 N–H and O–H groups in total. The molecule has 0 spiro atoms. The van der Waals surface area contributed by atoms with Gasteiger partial charge < -0.3 is 4.98 Å². The second-order valence-corrected chi connectivity index (χ2v) is 4.83. The quantitative estimate of drug-likeness (QED) is 0.503. The van der Waals surface area contributed by atoms with Crippen LogP contribution in [0.1, 0.15) is 5.56 Å². The summed E-state index contributed by atoms with van der Waals surface area (Å²) in [4.78, 5) is 2.78. The zero-order valence-electron chi connectivity index (χ0n) is 10.4. The average Bonchev–Trinajstić information content (AvgIpc) is 2.73. The highest BCUT2D eigenvalue weighted by Crippen LogP contribution is 2.35. The fourth-order valence-corrected chi connectivity index (χ4v) is 2.53. The van der Waals surface area contributed by atoms with Crippen LogP contribution in [0.25, 0.3) is 16.7 Å². The van der Waals surface area contributed by atoms with Gasteiger partial charge in [-0.25, -0.2) is 4.39 Å². The van der Waals surface area contributed by atoms with E-state index in [2.05, 4.69) is 4.98 Å². The third-order valence-electron chi connectivity index (χ3n) is 3.10. The lowest BCUT2D eigenvalue weighted by Gasteiger charge is -2.13. The van der Waals surface area contributed by atoms with Crippen molar-refractivity contribution in [3.63, 3.8) is 0 Å². The van der Waals surface area contributed by atoms with E-state index < -0.39 is 17.6 Å². The summed E-state index contributed by atoms with van der Waals surface area (Å²) >= 11 is 5.08. The number of hydrogen-bond acceptors (Lipinski definition) is 1. The van der Waals surface area contributed by atoms with Crippen LogP contribution < -0.4 is 0 Å². The van der Waals surface area contributed by atoms with Crippen molar-refractivity contribution in [3.05, 3.63) is 58.6 Å². The molecular formula is C14H8F4N2S. The first-order valence-corrected chi connectivity index (χ1v) is 6.35. The minimum Gasteiger partial charge on any atom is -0.330 e. The summed E-state index contributed by atoms with van der Waals surface area (Å²) < 4.78 is 54.0. The van der Waals surface area contributed by atoms with Gasteiger partial charge in [0.1, 0.15) is 5.82 Å². The molecule has 0 bridgehead atoms. The maximum atomic E-state index is 13.4. The number of para-hydroxylation sites is 1. The summed E-state index contributed by atoms with van der Waals surface area (Å²) in [6, 6.07) is 8.84. The number of nitrogens with one attached hydrogen (secondary N) is 1. The maximum absolute atomic E-state index is 13.4. The molecule has 108 valence electrons. The van der Waals surface area contributed by atoms with E-state index in [1.807, 2.05) is 0 Å². The molecule has 0 aliphatic carbocycles. The van der Waals surface area contributed by atoms with Crippen LogP contribution in [0, 0.1) is 10.6 Å². The number of nitrogens with zero attached hydrogens (tertiary/aromatic N) is 1. The van der Waals surface area contributed by atoms with Crippen LogP contribution >= 0.6 is 12.2 Å². The number of hydrogen-bond donors (Lipinski definition) is 1. The Morgan fingerprint density at radius 3 is 2.48 bits per heavy atom. The SMILES string of the molecule is Fc1ccc2[nH]c(=S)n(-c3ccccc3C(F)(F)F)c2c1. The Balaban J connectivity index is 2.39. The molecule has 0 saturated carbocycles. The van der Waals surface area contributed by atoms with Crippen molar-refractivity contribution in [2.75, 3.05) is 0 Å². The molecule has 0 aliphatic heterocycles. The summed E-state index contributed by atoms with van der Waals surface area (Å²) in [6.07, 6.45) is -4.53. The van der Waals surface area contributed by atoms with Gasteiger partial charge in [0, 0.05) is 6.07 Å². The second kappa shape index (κ2) is 4.70. The van der Waals surface area contributed by atoms with Crippen LogP contribution in [0.15, 0.2) is 42.5 Å². The van der Waals surface area contributed by atoms with Crippen LogP contribution in [-0.4, -0.2) is 9.55 Å². The number of aromatic amines is 1. The third kappa shape index (κ3) is 2.33. The number of halogens is 4. The summed E-state index contributed by atoms with van der Waals surface area (Å²) in [5, 5.41) is 0. The largest absolute Gasteiger partial charge is 0.418 e. The standard InChI is InChI=1S/C14H8F4N2S/c15-8-5-6-10-12(7-8)20(13(21)19-10)11-4-2-1-3-9(11)14(16,17)18/h1-7H,(H,19,21). The molecule has 0 unspecified atom stereocenters. The molecule has 1 heterocycles. The highest BCUT2D eigenvalue weighted by atomic mass is 32.1. The lowest BCUT2D eigenvalue weighted by atomic mass is 10.1. The summed E-state index contributed by atoms with van der Waals surface area (Å²) in [5.41, 5.74) is -0.229. The molecule has 7 heteroatoms. The van der Waals surface area contributed by atoms with Crippen LogP contribution in [0.5, 0.6) is 0 Å². The average molecular weight is 312 g/mol. The zero-order valence-corrected chi connectivity index (χ0v) is 11.2. The molecule has 3 aromatic rings. The molecule has 2 aromatic carbocycles. The Morgan fingerprint density at radius 1 is 1.05 bits per heavy atom. The minimum absolute atomic E-state index is 0.0762. The monoisotopic (exact) mass is 312 g/mol. The Hall–Kier alpha value is -2.15. The predicted octanol–water partition coefficient (Wildman–Crippen LogP) is 4.85. The first-order valence-electron chi connectivity index (χ1n) is 5.95. The Kier molecular flexibility index (Phi) is 3.09. The van der Waals surface area contributed by atoms with Crippen molar-refractivity contribution in [2.45, 2.75) is 6.18 Å². The van der Waals surface area contributed by atoms with Crippen LogP contribution in [0.3, 0.4) is 0 Å². The van der Waals surface area contributed by atoms with E-state index in [0.717, 1.165) is 12.1 Å². The van der Waals surface area contributed by atoms with Gasteiger partial charge in [0.15, 0.2) is 4.77 Å². The van der Waals surface area contributed by atoms with E-state index in [4.69, 9.17) is 12.2 Å². The van der Waals surface area contributed by atoms with Crippen LogP contribution in [-0.2, 0) is 6.18 Å². The normalized spacial score (nSPS) is 12.0. The van der Waals surface area contributed by atoms with E-state index in [1.165, 1.54) is 34.9 Å². The Morgan fingerprint density at radius 2 is 1.76 bits per heavy atom. The maximum Gasteiger partial charge on any atom is 0.418 e. The second-order valence-electron chi connectivity index (χ2n) is 4.44. The molecule has 0 saturated heterocycles. The summed E-state index contributed by atoms with van der Waals surface area (Å²) in [6.45, 7) is 0. The number of H-pyrrole nitrogens is 1. The lowest BCUT2D eigenvalue weighted by Crippen LogP contribution is -2.10. The van der Waals surface area contributed by atoms with Gasteiger partial charge in [0.25, 0.3) is 0 Å². The number of benzene rings is 2. The Labute approximate surface area is 121 Å². The van der Waals surface area contributed by atoms with Gasteiger partial charge in [0.2, 0.25) is 0 Å². The third-order valence-corrected chi connectivity index (χ3v) is 3.38. The molecule has 2 nitrogen and oxygen atoms in total. The highest BCUT2D eigenvalue weighted by Gasteiger charge is 2.34. The molecule has 0 radical (unpaired) electrons. The first kappa shape index (κ1) is 13.8. The number of rotatable bonds is 1. The van der Waals surface area contributed by atoms with E-state index in [-0.39, 0.29) is 16.0 Å².